The Kier molecular flexibility index (Phi) is 6.46. The Morgan fingerprint density at radius 3 is 2.53 bits per heavy atom. The predicted octanol–water partition coefficient (Wildman–Crippen LogP) is 3.16. The second-order valence-corrected chi connectivity index (χ2v) is 9.53. The van der Waals surface area contributed by atoms with Crippen LogP contribution in [0.5, 0.6) is 0 Å². The summed E-state index contributed by atoms with van der Waals surface area (Å²) < 4.78 is 0. The molecule has 1 saturated heterocycles. The first-order valence-electron chi connectivity index (χ1n) is 11.8. The van der Waals surface area contributed by atoms with Gasteiger partial charge in [-0.2, -0.15) is 4.98 Å². The van der Waals surface area contributed by atoms with Crippen LogP contribution in [0.2, 0.25) is 0 Å². The van der Waals surface area contributed by atoms with E-state index < -0.39 is 0 Å². The highest BCUT2D eigenvalue weighted by Gasteiger charge is 2.41. The number of aldehydes is 1. The fourth-order valence-corrected chi connectivity index (χ4v) is 5.71. The first kappa shape index (κ1) is 21.3. The number of piperidine rings is 1. The normalized spacial score (nSPS) is 27.2. The lowest BCUT2D eigenvalue weighted by Gasteiger charge is -2.48. The number of nitrogens with zero attached hydrogens (tertiary/aromatic N) is 5. The number of hydrogen-bond donors (Lipinski definition) is 1. The first-order chi connectivity index (χ1) is 14.5. The molecule has 4 rings (SSSR count). The maximum absolute atomic E-state index is 12.0. The van der Waals surface area contributed by atoms with Crippen molar-refractivity contribution in [3.63, 3.8) is 0 Å². The summed E-state index contributed by atoms with van der Waals surface area (Å²) in [6.45, 7) is 6.77. The molecule has 0 radical (unpaired) electrons. The first-order valence-corrected chi connectivity index (χ1v) is 11.8. The maximum atomic E-state index is 12.0. The number of hydrogen-bond acceptors (Lipinski definition) is 7. The van der Waals surface area contributed by atoms with Crippen LogP contribution >= 0.6 is 0 Å². The van der Waals surface area contributed by atoms with Gasteiger partial charge in [-0.1, -0.05) is 19.8 Å². The van der Waals surface area contributed by atoms with E-state index in [0.717, 1.165) is 43.3 Å². The number of aromatic nitrogens is 2. The Balaban J connectivity index is 1.61. The van der Waals surface area contributed by atoms with Gasteiger partial charge in [0.2, 0.25) is 5.95 Å². The zero-order valence-electron chi connectivity index (χ0n) is 19.0. The zero-order chi connectivity index (χ0) is 21.3. The predicted molar refractivity (Wildman–Crippen MR) is 122 cm³/mol. The maximum Gasteiger partial charge on any atom is 0.224 e. The topological polar surface area (TPSA) is 64.6 Å². The van der Waals surface area contributed by atoms with Crippen molar-refractivity contribution in [2.45, 2.75) is 83.0 Å². The van der Waals surface area contributed by atoms with Gasteiger partial charge in [0.15, 0.2) is 5.82 Å². The van der Waals surface area contributed by atoms with E-state index in [4.69, 9.17) is 4.98 Å². The molecular weight excluding hydrogens is 376 g/mol. The molecule has 3 aliphatic rings. The largest absolute Gasteiger partial charge is 0.359 e. The Labute approximate surface area is 181 Å². The van der Waals surface area contributed by atoms with Gasteiger partial charge in [-0.25, -0.2) is 4.98 Å². The number of likely N-dealkylation sites (N-methyl/N-ethyl adjacent to an activating group) is 1. The van der Waals surface area contributed by atoms with Crippen LogP contribution in [0, 0.1) is 5.92 Å². The minimum atomic E-state index is -0.149. The van der Waals surface area contributed by atoms with Crippen LogP contribution < -0.4 is 15.1 Å². The molecule has 3 atom stereocenters. The number of carbonyl (C=O) groups excluding carboxylic acids is 1. The van der Waals surface area contributed by atoms with Crippen molar-refractivity contribution in [3.05, 3.63) is 6.20 Å². The summed E-state index contributed by atoms with van der Waals surface area (Å²) in [6.07, 6.45) is 11.3. The quantitative estimate of drug-likeness (QED) is 0.717. The van der Waals surface area contributed by atoms with Crippen LogP contribution in [0.1, 0.15) is 58.8 Å². The molecule has 0 aromatic carbocycles. The van der Waals surface area contributed by atoms with Crippen LogP contribution in [0.15, 0.2) is 6.20 Å². The molecule has 2 aliphatic heterocycles. The van der Waals surface area contributed by atoms with Crippen molar-refractivity contribution in [1.29, 1.82) is 0 Å². The molecule has 3 heterocycles. The van der Waals surface area contributed by atoms with E-state index in [0.29, 0.717) is 18.0 Å². The van der Waals surface area contributed by atoms with E-state index in [9.17, 15) is 4.79 Å². The Hall–Kier alpha value is -1.89. The number of carbonyl (C=O) groups is 1. The SMILES string of the molecule is CCC1C(C=O)N(C)c2cnc(NC(C)C3CCN(C)CC3)nc2N1C1CCCC1. The lowest BCUT2D eigenvalue weighted by Crippen LogP contribution is -2.58. The van der Waals surface area contributed by atoms with Crippen LogP contribution in [0.4, 0.5) is 17.5 Å². The van der Waals surface area contributed by atoms with E-state index in [2.05, 4.69) is 45.9 Å². The molecular formula is C23H38N6O. The molecule has 1 saturated carbocycles. The van der Waals surface area contributed by atoms with Crippen LogP contribution in [0.25, 0.3) is 0 Å². The average Bonchev–Trinajstić information content (AvgIpc) is 3.28. The minimum absolute atomic E-state index is 0.149. The van der Waals surface area contributed by atoms with Crippen molar-refractivity contribution in [1.82, 2.24) is 14.9 Å². The summed E-state index contributed by atoms with van der Waals surface area (Å²) in [5, 5.41) is 3.61. The minimum Gasteiger partial charge on any atom is -0.359 e. The fraction of sp³-hybridized carbons (Fsp3) is 0.783. The van der Waals surface area contributed by atoms with E-state index in [1.165, 1.54) is 38.5 Å². The van der Waals surface area contributed by atoms with Crippen molar-refractivity contribution in [2.75, 3.05) is 42.3 Å². The molecule has 30 heavy (non-hydrogen) atoms. The molecule has 1 aliphatic carbocycles. The third-order valence-electron chi connectivity index (χ3n) is 7.68. The zero-order valence-corrected chi connectivity index (χ0v) is 19.0. The van der Waals surface area contributed by atoms with Crippen molar-refractivity contribution in [2.24, 2.45) is 5.92 Å². The van der Waals surface area contributed by atoms with Gasteiger partial charge >= 0.3 is 0 Å². The second kappa shape index (κ2) is 9.08. The van der Waals surface area contributed by atoms with Gasteiger partial charge < -0.3 is 24.8 Å². The fourth-order valence-electron chi connectivity index (χ4n) is 5.71. The van der Waals surface area contributed by atoms with Crippen LogP contribution in [-0.4, -0.2) is 72.5 Å². The van der Waals surface area contributed by atoms with Crippen molar-refractivity contribution >= 4 is 23.7 Å². The molecule has 1 N–H and O–H groups in total. The standard InChI is InChI=1S/C23H38N6O/c1-5-19-21(15-30)28(4)20-14-24-23(25-16(2)17-10-12-27(3)13-11-17)26-22(20)29(19)18-8-6-7-9-18/h14-19,21H,5-13H2,1-4H3,(H,24,25,26). The summed E-state index contributed by atoms with van der Waals surface area (Å²) in [5.41, 5.74) is 0.973. The van der Waals surface area contributed by atoms with E-state index >= 15 is 0 Å². The number of likely N-dealkylation sites (tertiary alicyclic amines) is 1. The van der Waals surface area contributed by atoms with Gasteiger partial charge in [0.25, 0.3) is 0 Å². The summed E-state index contributed by atoms with van der Waals surface area (Å²) in [5.74, 6) is 2.37. The Morgan fingerprint density at radius 2 is 1.90 bits per heavy atom. The van der Waals surface area contributed by atoms with Gasteiger partial charge in [-0.3, -0.25) is 0 Å². The van der Waals surface area contributed by atoms with E-state index in [-0.39, 0.29) is 12.1 Å². The highest BCUT2D eigenvalue weighted by Crippen LogP contribution is 2.41. The number of nitrogens with one attached hydrogen (secondary N) is 1. The second-order valence-electron chi connectivity index (χ2n) is 9.53. The third kappa shape index (κ3) is 4.01. The van der Waals surface area contributed by atoms with Gasteiger partial charge in [-0.15, -0.1) is 0 Å². The molecule has 0 amide bonds. The average molecular weight is 415 g/mol. The molecule has 1 aromatic rings. The van der Waals surface area contributed by atoms with Crippen molar-refractivity contribution < 1.29 is 4.79 Å². The number of fused-ring (bicyclic) bond motifs is 1. The van der Waals surface area contributed by atoms with Crippen molar-refractivity contribution in [3.8, 4) is 0 Å². The Bertz CT molecular complexity index is 728. The van der Waals surface area contributed by atoms with E-state index in [1.54, 1.807) is 0 Å². The smallest absolute Gasteiger partial charge is 0.224 e. The Morgan fingerprint density at radius 1 is 1.20 bits per heavy atom. The molecule has 1 aromatic heterocycles. The summed E-state index contributed by atoms with van der Waals surface area (Å²) in [4.78, 5) is 28.6. The molecule has 166 valence electrons. The van der Waals surface area contributed by atoms with Crippen LogP contribution in [-0.2, 0) is 4.79 Å². The van der Waals surface area contributed by atoms with Crippen LogP contribution in [0.3, 0.4) is 0 Å². The molecule has 2 fully saturated rings. The summed E-state index contributed by atoms with van der Waals surface area (Å²) >= 11 is 0. The molecule has 3 unspecified atom stereocenters. The lowest BCUT2D eigenvalue weighted by atomic mass is 9.90. The molecule has 7 nitrogen and oxygen atoms in total. The van der Waals surface area contributed by atoms with Gasteiger partial charge in [0.1, 0.15) is 12.3 Å². The highest BCUT2D eigenvalue weighted by molar-refractivity contribution is 5.79. The number of anilines is 3. The van der Waals surface area contributed by atoms with Gasteiger partial charge in [0.05, 0.1) is 17.9 Å². The monoisotopic (exact) mass is 414 g/mol. The van der Waals surface area contributed by atoms with E-state index in [1.807, 2.05) is 13.2 Å². The number of rotatable bonds is 6. The summed E-state index contributed by atoms with van der Waals surface area (Å²) in [6, 6.07) is 0.836. The summed E-state index contributed by atoms with van der Waals surface area (Å²) in [7, 11) is 4.20. The van der Waals surface area contributed by atoms with Gasteiger partial charge in [0, 0.05) is 19.1 Å². The molecule has 0 bridgehead atoms. The van der Waals surface area contributed by atoms with Gasteiger partial charge in [-0.05, 0) is 65.1 Å². The highest BCUT2D eigenvalue weighted by atomic mass is 16.1. The molecule has 7 heteroatoms. The molecule has 0 spiro atoms. The third-order valence-corrected chi connectivity index (χ3v) is 7.68. The lowest BCUT2D eigenvalue weighted by molar-refractivity contribution is -0.109.